The predicted molar refractivity (Wildman–Crippen MR) is 71.1 cm³/mol. The molecule has 0 amide bonds. The van der Waals surface area contributed by atoms with Gasteiger partial charge in [0.15, 0.2) is 5.78 Å². The van der Waals surface area contributed by atoms with E-state index >= 15 is 0 Å². The quantitative estimate of drug-likeness (QED) is 0.418. The van der Waals surface area contributed by atoms with Gasteiger partial charge >= 0.3 is 18.9 Å². The van der Waals surface area contributed by atoms with Gasteiger partial charge in [0.2, 0.25) is 0 Å². The molecule has 0 spiro atoms. The number of Topliss-reactive ketones (excluding diaryl/α,β-unsaturated/α-hetero) is 1. The van der Waals surface area contributed by atoms with Gasteiger partial charge in [-0.2, -0.15) is 0 Å². The average Bonchev–Trinajstić information content (AvgIpc) is 2.46. The van der Waals surface area contributed by atoms with Crippen LogP contribution in [0.25, 0.3) is 0 Å². The number of carbonyl (C=O) groups is 2. The minimum atomic E-state index is -1.19. The Morgan fingerprint density at radius 2 is 1.71 bits per heavy atom. The van der Waals surface area contributed by atoms with Crippen molar-refractivity contribution >= 4 is 11.8 Å². The largest absolute Gasteiger partial charge is 1.00 e. The molecular weight excluding hydrogens is 265 g/mol. The summed E-state index contributed by atoms with van der Waals surface area (Å²) in [4.78, 5) is 24.4. The molecule has 1 aromatic rings. The van der Waals surface area contributed by atoms with Crippen LogP contribution in [0.3, 0.4) is 0 Å². The van der Waals surface area contributed by atoms with E-state index in [4.69, 9.17) is 4.74 Å². The second kappa shape index (κ2) is 9.01. The van der Waals surface area contributed by atoms with Gasteiger partial charge in [0.05, 0.1) is 13.2 Å². The number of hydrogen-bond donors (Lipinski definition) is 0. The van der Waals surface area contributed by atoms with Crippen molar-refractivity contribution in [3.63, 3.8) is 0 Å². The standard InChI is InChI=1S/C15H19NO4.Li/c17-14(5-6-15(18)19)13-3-1-12(2-4-13)11-16-7-9-20-10-8-16;/h1-4H,5-11H2,(H,18,19);/q;+1/p-1. The Bertz CT molecular complexity index is 469. The molecule has 0 aromatic heterocycles. The average molecular weight is 283 g/mol. The smallest absolute Gasteiger partial charge is 0.550 e. The Morgan fingerprint density at radius 3 is 2.29 bits per heavy atom. The van der Waals surface area contributed by atoms with Crippen LogP contribution in [-0.2, 0) is 16.1 Å². The third-order valence-electron chi connectivity index (χ3n) is 3.34. The molecule has 0 N–H and O–H groups in total. The van der Waals surface area contributed by atoms with Crippen molar-refractivity contribution in [1.82, 2.24) is 4.90 Å². The van der Waals surface area contributed by atoms with E-state index in [9.17, 15) is 14.7 Å². The minimum Gasteiger partial charge on any atom is -0.550 e. The van der Waals surface area contributed by atoms with E-state index in [-0.39, 0.29) is 37.5 Å². The molecule has 108 valence electrons. The van der Waals surface area contributed by atoms with Crippen LogP contribution in [0.1, 0.15) is 28.8 Å². The molecule has 1 aliphatic heterocycles. The Kier molecular flexibility index (Phi) is 7.69. The van der Waals surface area contributed by atoms with Gasteiger partial charge in [-0.3, -0.25) is 9.69 Å². The van der Waals surface area contributed by atoms with Gasteiger partial charge in [0.25, 0.3) is 0 Å². The molecule has 0 saturated carbocycles. The molecular formula is C15H18LiNO4. The molecule has 1 aromatic carbocycles. The van der Waals surface area contributed by atoms with Crippen molar-refractivity contribution in [2.24, 2.45) is 0 Å². The maximum Gasteiger partial charge on any atom is 1.00 e. The first-order chi connectivity index (χ1) is 9.65. The maximum atomic E-state index is 11.7. The second-order valence-corrected chi connectivity index (χ2v) is 4.88. The molecule has 0 aliphatic carbocycles. The van der Waals surface area contributed by atoms with E-state index in [2.05, 4.69) is 4.90 Å². The molecule has 5 nitrogen and oxygen atoms in total. The summed E-state index contributed by atoms with van der Waals surface area (Å²) in [6.45, 7) is 4.22. The first kappa shape index (κ1) is 17.9. The Hall–Kier alpha value is -1.12. The van der Waals surface area contributed by atoms with Gasteiger partial charge in [-0.1, -0.05) is 24.3 Å². The molecule has 1 aliphatic rings. The summed E-state index contributed by atoms with van der Waals surface area (Å²) >= 11 is 0. The summed E-state index contributed by atoms with van der Waals surface area (Å²) in [7, 11) is 0. The van der Waals surface area contributed by atoms with Gasteiger partial charge in [0, 0.05) is 37.6 Å². The molecule has 6 heteroatoms. The fourth-order valence-corrected chi connectivity index (χ4v) is 2.17. The maximum absolute atomic E-state index is 11.7. The topological polar surface area (TPSA) is 69.7 Å². The fourth-order valence-electron chi connectivity index (χ4n) is 2.17. The van der Waals surface area contributed by atoms with Crippen molar-refractivity contribution in [3.8, 4) is 0 Å². The Balaban J connectivity index is 0.00000220. The molecule has 1 heterocycles. The summed E-state index contributed by atoms with van der Waals surface area (Å²) in [5, 5.41) is 10.3. The van der Waals surface area contributed by atoms with E-state index in [1.807, 2.05) is 12.1 Å². The van der Waals surface area contributed by atoms with Crippen molar-refractivity contribution < 1.29 is 38.3 Å². The Morgan fingerprint density at radius 1 is 1.10 bits per heavy atom. The van der Waals surface area contributed by atoms with Crippen LogP contribution in [-0.4, -0.2) is 43.0 Å². The number of rotatable bonds is 6. The van der Waals surface area contributed by atoms with E-state index in [0.717, 1.165) is 38.4 Å². The van der Waals surface area contributed by atoms with Crippen molar-refractivity contribution in [2.75, 3.05) is 26.3 Å². The zero-order valence-electron chi connectivity index (χ0n) is 12.3. The Labute approximate surface area is 136 Å². The number of carboxylic acids is 1. The first-order valence-corrected chi connectivity index (χ1v) is 6.77. The van der Waals surface area contributed by atoms with Crippen LogP contribution in [0, 0.1) is 0 Å². The van der Waals surface area contributed by atoms with Crippen molar-refractivity contribution in [3.05, 3.63) is 35.4 Å². The van der Waals surface area contributed by atoms with Gasteiger partial charge in [-0.25, -0.2) is 0 Å². The van der Waals surface area contributed by atoms with Crippen LogP contribution in [0.4, 0.5) is 0 Å². The number of carboxylic acid groups (broad SMARTS) is 1. The normalized spacial score (nSPS) is 15.2. The number of hydrogen-bond acceptors (Lipinski definition) is 5. The minimum absolute atomic E-state index is 0. The number of benzene rings is 1. The van der Waals surface area contributed by atoms with Gasteiger partial charge in [-0.15, -0.1) is 0 Å². The summed E-state index contributed by atoms with van der Waals surface area (Å²) in [6, 6.07) is 7.35. The SMILES string of the molecule is O=C([O-])CCC(=O)c1ccc(CN2CCOCC2)cc1.[Li+]. The van der Waals surface area contributed by atoms with Gasteiger partial charge in [-0.05, 0) is 12.0 Å². The number of ether oxygens (including phenoxy) is 1. The second-order valence-electron chi connectivity index (χ2n) is 4.88. The van der Waals surface area contributed by atoms with E-state index < -0.39 is 5.97 Å². The zero-order chi connectivity index (χ0) is 14.4. The molecule has 0 bridgehead atoms. The molecule has 0 radical (unpaired) electrons. The van der Waals surface area contributed by atoms with Gasteiger partial charge in [0.1, 0.15) is 0 Å². The number of morpholine rings is 1. The van der Waals surface area contributed by atoms with Crippen LogP contribution in [0.5, 0.6) is 0 Å². The molecule has 0 unspecified atom stereocenters. The first-order valence-electron chi connectivity index (χ1n) is 6.77. The van der Waals surface area contributed by atoms with E-state index in [1.54, 1.807) is 12.1 Å². The summed E-state index contributed by atoms with van der Waals surface area (Å²) in [5.41, 5.74) is 1.69. The number of aliphatic carboxylic acids is 1. The van der Waals surface area contributed by atoms with Crippen molar-refractivity contribution in [1.29, 1.82) is 0 Å². The summed E-state index contributed by atoms with van der Waals surface area (Å²) < 4.78 is 5.29. The fraction of sp³-hybridized carbons (Fsp3) is 0.467. The number of nitrogens with zero attached hydrogens (tertiary/aromatic N) is 1. The third-order valence-corrected chi connectivity index (χ3v) is 3.34. The summed E-state index contributed by atoms with van der Waals surface area (Å²) in [6.07, 6.45) is -0.237. The molecule has 1 saturated heterocycles. The third kappa shape index (κ3) is 6.02. The number of ketones is 1. The summed E-state index contributed by atoms with van der Waals surface area (Å²) in [5.74, 6) is -1.35. The van der Waals surface area contributed by atoms with Crippen LogP contribution >= 0.6 is 0 Å². The van der Waals surface area contributed by atoms with Gasteiger partial charge < -0.3 is 14.6 Å². The van der Waals surface area contributed by atoms with Crippen LogP contribution in [0.2, 0.25) is 0 Å². The van der Waals surface area contributed by atoms with E-state index in [0.29, 0.717) is 5.56 Å². The number of carbonyl (C=O) groups excluding carboxylic acids is 2. The zero-order valence-corrected chi connectivity index (χ0v) is 12.3. The predicted octanol–water partition coefficient (Wildman–Crippen LogP) is -2.76. The van der Waals surface area contributed by atoms with Crippen LogP contribution < -0.4 is 24.0 Å². The van der Waals surface area contributed by atoms with Crippen molar-refractivity contribution in [2.45, 2.75) is 19.4 Å². The van der Waals surface area contributed by atoms with E-state index in [1.165, 1.54) is 0 Å². The molecule has 0 atom stereocenters. The molecule has 21 heavy (non-hydrogen) atoms. The molecule has 1 fully saturated rings. The van der Waals surface area contributed by atoms with Crippen LogP contribution in [0.15, 0.2) is 24.3 Å². The molecule has 2 rings (SSSR count). The monoisotopic (exact) mass is 283 g/mol.